The molecule has 0 atom stereocenters. The van der Waals surface area contributed by atoms with Crippen LogP contribution in [0, 0.1) is 0 Å². The van der Waals surface area contributed by atoms with Gasteiger partial charge in [-0.3, -0.25) is 9.78 Å². The van der Waals surface area contributed by atoms with E-state index in [1.54, 1.807) is 49.6 Å². The monoisotopic (exact) mass is 386 g/mol. The Morgan fingerprint density at radius 2 is 1.71 bits per heavy atom. The first kappa shape index (κ1) is 19.4. The van der Waals surface area contributed by atoms with Crippen molar-refractivity contribution in [2.45, 2.75) is 12.7 Å². The van der Waals surface area contributed by atoms with E-state index in [0.717, 1.165) is 11.8 Å². The quantitative estimate of drug-likeness (QED) is 0.609. The molecule has 0 bridgehead atoms. The van der Waals surface area contributed by atoms with Crippen molar-refractivity contribution in [1.29, 1.82) is 0 Å². The Hall–Kier alpha value is -3.35. The molecule has 3 aromatic rings. The fourth-order valence-corrected chi connectivity index (χ4v) is 2.73. The molecule has 3 rings (SSSR count). The summed E-state index contributed by atoms with van der Waals surface area (Å²) in [5, 5.41) is 2.93. The number of carbonyl (C=O) groups is 1. The molecule has 144 valence electrons. The molecule has 0 aliphatic rings. The zero-order valence-corrected chi connectivity index (χ0v) is 15.0. The Morgan fingerprint density at radius 3 is 2.32 bits per heavy atom. The summed E-state index contributed by atoms with van der Waals surface area (Å²) in [5.41, 5.74) is -0.638. The number of anilines is 1. The van der Waals surface area contributed by atoms with Gasteiger partial charge in [0.1, 0.15) is 5.75 Å². The first-order valence-electron chi connectivity index (χ1n) is 8.43. The van der Waals surface area contributed by atoms with Crippen molar-refractivity contribution < 1.29 is 22.7 Å². The first-order chi connectivity index (χ1) is 13.4. The highest BCUT2D eigenvalue weighted by molar-refractivity contribution is 6.13. The molecule has 0 aliphatic heterocycles. The van der Waals surface area contributed by atoms with Crippen LogP contribution in [-0.2, 0) is 12.7 Å². The molecule has 28 heavy (non-hydrogen) atoms. The number of methoxy groups -OCH3 is 1. The smallest absolute Gasteiger partial charge is 0.434 e. The third-order valence-electron chi connectivity index (χ3n) is 4.12. The van der Waals surface area contributed by atoms with Gasteiger partial charge >= 0.3 is 6.18 Å². The van der Waals surface area contributed by atoms with Crippen molar-refractivity contribution in [3.63, 3.8) is 0 Å². The van der Waals surface area contributed by atoms with E-state index in [1.807, 2.05) is 0 Å². The second-order valence-electron chi connectivity index (χ2n) is 5.98. The number of nitrogens with one attached hydrogen (secondary N) is 1. The van der Waals surface area contributed by atoms with Crippen molar-refractivity contribution >= 4 is 11.5 Å². The lowest BCUT2D eigenvalue weighted by atomic mass is 9.99. The molecule has 1 heterocycles. The molecule has 4 nitrogen and oxygen atoms in total. The largest absolute Gasteiger partial charge is 0.497 e. The molecule has 0 aliphatic carbocycles. The lowest BCUT2D eigenvalue weighted by molar-refractivity contribution is -0.141. The molecule has 0 amide bonds. The van der Waals surface area contributed by atoms with Gasteiger partial charge in [0.2, 0.25) is 0 Å². The predicted octanol–water partition coefficient (Wildman–Crippen LogP) is 4.95. The number of halogens is 3. The number of pyridine rings is 1. The van der Waals surface area contributed by atoms with Gasteiger partial charge < -0.3 is 10.1 Å². The second kappa shape index (κ2) is 8.12. The SMILES string of the molecule is COc1ccc(CNc2ccnc(C(F)(F)F)c2C(=O)c2ccccc2)cc1. The van der Waals surface area contributed by atoms with Gasteiger partial charge in [0.25, 0.3) is 0 Å². The summed E-state index contributed by atoms with van der Waals surface area (Å²) < 4.78 is 45.6. The summed E-state index contributed by atoms with van der Waals surface area (Å²) >= 11 is 0. The average Bonchev–Trinajstić information content (AvgIpc) is 2.71. The van der Waals surface area contributed by atoms with Gasteiger partial charge in [-0.15, -0.1) is 0 Å². The van der Waals surface area contributed by atoms with E-state index in [9.17, 15) is 18.0 Å². The zero-order valence-electron chi connectivity index (χ0n) is 15.0. The van der Waals surface area contributed by atoms with Crippen LogP contribution in [0.4, 0.5) is 18.9 Å². The molecule has 0 fully saturated rings. The lowest BCUT2D eigenvalue weighted by Gasteiger charge is -2.16. The number of alkyl halides is 3. The maximum absolute atomic E-state index is 13.5. The summed E-state index contributed by atoms with van der Waals surface area (Å²) in [4.78, 5) is 16.3. The van der Waals surface area contributed by atoms with E-state index in [2.05, 4.69) is 10.3 Å². The highest BCUT2D eigenvalue weighted by atomic mass is 19.4. The Balaban J connectivity index is 1.97. The first-order valence-corrected chi connectivity index (χ1v) is 8.43. The Kier molecular flexibility index (Phi) is 5.63. The fourth-order valence-electron chi connectivity index (χ4n) is 2.73. The van der Waals surface area contributed by atoms with Crippen LogP contribution >= 0.6 is 0 Å². The van der Waals surface area contributed by atoms with Gasteiger partial charge in [-0.1, -0.05) is 42.5 Å². The van der Waals surface area contributed by atoms with Crippen molar-refractivity contribution in [3.8, 4) is 5.75 Å². The number of benzene rings is 2. The van der Waals surface area contributed by atoms with Crippen molar-refractivity contribution in [2.24, 2.45) is 0 Å². The number of hydrogen-bond acceptors (Lipinski definition) is 4. The van der Waals surface area contributed by atoms with Gasteiger partial charge in [0.15, 0.2) is 11.5 Å². The normalized spacial score (nSPS) is 11.1. The number of ketones is 1. The number of carbonyl (C=O) groups excluding carboxylic acids is 1. The minimum absolute atomic E-state index is 0.0759. The van der Waals surface area contributed by atoms with Crippen molar-refractivity contribution in [2.75, 3.05) is 12.4 Å². The third kappa shape index (κ3) is 4.31. The Bertz CT molecular complexity index is 956. The topological polar surface area (TPSA) is 51.2 Å². The Morgan fingerprint density at radius 1 is 1.04 bits per heavy atom. The molecule has 2 aromatic carbocycles. The van der Waals surface area contributed by atoms with E-state index >= 15 is 0 Å². The summed E-state index contributed by atoms with van der Waals surface area (Å²) in [6.45, 7) is 0.236. The van der Waals surface area contributed by atoms with E-state index in [-0.39, 0.29) is 17.8 Å². The zero-order chi connectivity index (χ0) is 20.1. The standard InChI is InChI=1S/C21H17F3N2O2/c1-28-16-9-7-14(8-10-16)13-26-17-11-12-25-20(21(22,23)24)18(17)19(27)15-5-3-2-4-6-15/h2-12H,13H2,1H3,(H,25,26). The number of nitrogens with zero attached hydrogens (tertiary/aromatic N) is 1. The van der Waals surface area contributed by atoms with Crippen LogP contribution in [0.25, 0.3) is 0 Å². The predicted molar refractivity (Wildman–Crippen MR) is 99.4 cm³/mol. The minimum Gasteiger partial charge on any atom is -0.497 e. The number of aromatic nitrogens is 1. The van der Waals surface area contributed by atoms with Crippen LogP contribution in [0.3, 0.4) is 0 Å². The van der Waals surface area contributed by atoms with E-state index in [0.29, 0.717) is 5.75 Å². The molecule has 0 spiro atoms. The van der Waals surface area contributed by atoms with Gasteiger partial charge in [0, 0.05) is 24.0 Å². The fraction of sp³-hybridized carbons (Fsp3) is 0.143. The lowest BCUT2D eigenvalue weighted by Crippen LogP contribution is -2.18. The highest BCUT2D eigenvalue weighted by Gasteiger charge is 2.38. The maximum Gasteiger partial charge on any atom is 0.434 e. The van der Waals surface area contributed by atoms with Gasteiger partial charge in [0.05, 0.1) is 12.7 Å². The summed E-state index contributed by atoms with van der Waals surface area (Å²) in [7, 11) is 1.55. The molecule has 1 aromatic heterocycles. The molecule has 0 saturated heterocycles. The number of ether oxygens (including phenoxy) is 1. The van der Waals surface area contributed by atoms with Gasteiger partial charge in [-0.05, 0) is 23.8 Å². The van der Waals surface area contributed by atoms with Crippen LogP contribution in [0.1, 0.15) is 27.2 Å². The summed E-state index contributed by atoms with van der Waals surface area (Å²) in [6, 6.07) is 16.3. The molecule has 0 unspecified atom stereocenters. The molecule has 0 radical (unpaired) electrons. The average molecular weight is 386 g/mol. The van der Waals surface area contributed by atoms with E-state index in [1.165, 1.54) is 18.2 Å². The Labute approximate surface area is 160 Å². The summed E-state index contributed by atoms with van der Waals surface area (Å²) in [6.07, 6.45) is -3.71. The van der Waals surface area contributed by atoms with E-state index in [4.69, 9.17) is 4.74 Å². The number of hydrogen-bond donors (Lipinski definition) is 1. The van der Waals surface area contributed by atoms with Crippen molar-refractivity contribution in [3.05, 3.63) is 89.2 Å². The molecular formula is C21H17F3N2O2. The second-order valence-corrected chi connectivity index (χ2v) is 5.98. The number of rotatable bonds is 6. The van der Waals surface area contributed by atoms with Crippen LogP contribution in [0.5, 0.6) is 5.75 Å². The van der Waals surface area contributed by atoms with Gasteiger partial charge in [-0.25, -0.2) is 0 Å². The van der Waals surface area contributed by atoms with Gasteiger partial charge in [-0.2, -0.15) is 13.2 Å². The van der Waals surface area contributed by atoms with Crippen LogP contribution in [0.15, 0.2) is 66.9 Å². The minimum atomic E-state index is -4.75. The third-order valence-corrected chi connectivity index (χ3v) is 4.12. The van der Waals surface area contributed by atoms with E-state index < -0.39 is 23.2 Å². The summed E-state index contributed by atoms with van der Waals surface area (Å²) in [5.74, 6) is -0.0646. The highest BCUT2D eigenvalue weighted by Crippen LogP contribution is 2.35. The molecule has 7 heteroatoms. The molecule has 1 N–H and O–H groups in total. The molecule has 0 saturated carbocycles. The van der Waals surface area contributed by atoms with Crippen molar-refractivity contribution in [1.82, 2.24) is 4.98 Å². The maximum atomic E-state index is 13.5. The van der Waals surface area contributed by atoms with Crippen LogP contribution in [0.2, 0.25) is 0 Å². The van der Waals surface area contributed by atoms with Crippen LogP contribution in [-0.4, -0.2) is 17.9 Å². The van der Waals surface area contributed by atoms with Crippen LogP contribution < -0.4 is 10.1 Å². The molecular weight excluding hydrogens is 369 g/mol.